The maximum atomic E-state index is 6.10. The number of rotatable bonds is 8. The van der Waals surface area contributed by atoms with E-state index in [0.29, 0.717) is 36.7 Å². The van der Waals surface area contributed by atoms with Crippen LogP contribution in [-0.2, 0) is 11.3 Å². The first kappa shape index (κ1) is 16.2. The minimum Gasteiger partial charge on any atom is -0.475 e. The summed E-state index contributed by atoms with van der Waals surface area (Å²) in [7, 11) is 0. The van der Waals surface area contributed by atoms with Crippen molar-refractivity contribution in [1.29, 1.82) is 0 Å². The van der Waals surface area contributed by atoms with Gasteiger partial charge >= 0.3 is 0 Å². The molecular formula is C14H23ClN2O2. The standard InChI is InChI=1S/C14H23ClN2O2/c1-10(2)16-9-13-12(15)5-6-14(17-13)19-8-7-18-11(3)4/h5-6,10-11,16H,7-9H2,1-4H3. The van der Waals surface area contributed by atoms with Gasteiger partial charge in [0.25, 0.3) is 0 Å². The molecule has 0 saturated carbocycles. The molecule has 108 valence electrons. The van der Waals surface area contributed by atoms with Crippen LogP contribution >= 0.6 is 11.6 Å². The third-order valence-electron chi connectivity index (χ3n) is 2.36. The summed E-state index contributed by atoms with van der Waals surface area (Å²) in [6.07, 6.45) is 0.215. The lowest BCUT2D eigenvalue weighted by Crippen LogP contribution is -2.22. The molecule has 1 heterocycles. The minimum atomic E-state index is 0.215. The molecule has 0 amide bonds. The maximum Gasteiger partial charge on any atom is 0.213 e. The summed E-state index contributed by atoms with van der Waals surface area (Å²) in [6, 6.07) is 3.98. The number of hydrogen-bond donors (Lipinski definition) is 1. The summed E-state index contributed by atoms with van der Waals surface area (Å²) in [5.74, 6) is 0.581. The highest BCUT2D eigenvalue weighted by Crippen LogP contribution is 2.18. The van der Waals surface area contributed by atoms with E-state index in [1.165, 1.54) is 0 Å². The highest BCUT2D eigenvalue weighted by Gasteiger charge is 2.06. The van der Waals surface area contributed by atoms with E-state index >= 15 is 0 Å². The second-order valence-corrected chi connectivity index (χ2v) is 5.29. The number of halogens is 1. The first-order chi connectivity index (χ1) is 8.99. The SMILES string of the molecule is CC(C)NCc1nc(OCCOC(C)C)ccc1Cl. The van der Waals surface area contributed by atoms with Gasteiger partial charge in [-0.1, -0.05) is 25.4 Å². The molecule has 0 saturated heterocycles. The summed E-state index contributed by atoms with van der Waals surface area (Å²) in [5, 5.41) is 3.94. The van der Waals surface area contributed by atoms with E-state index in [4.69, 9.17) is 21.1 Å². The predicted molar refractivity (Wildman–Crippen MR) is 77.8 cm³/mol. The van der Waals surface area contributed by atoms with Crippen molar-refractivity contribution in [2.24, 2.45) is 0 Å². The van der Waals surface area contributed by atoms with Crippen LogP contribution in [0.2, 0.25) is 5.02 Å². The van der Waals surface area contributed by atoms with Gasteiger partial charge in [0.05, 0.1) is 23.4 Å². The second-order valence-electron chi connectivity index (χ2n) is 4.88. The molecule has 1 aromatic heterocycles. The molecule has 0 aliphatic rings. The average Bonchev–Trinajstić information content (AvgIpc) is 2.34. The number of ether oxygens (including phenoxy) is 2. The van der Waals surface area contributed by atoms with Crippen molar-refractivity contribution in [1.82, 2.24) is 10.3 Å². The number of hydrogen-bond acceptors (Lipinski definition) is 4. The highest BCUT2D eigenvalue weighted by molar-refractivity contribution is 6.31. The Hall–Kier alpha value is -0.840. The van der Waals surface area contributed by atoms with Crippen molar-refractivity contribution in [2.75, 3.05) is 13.2 Å². The lowest BCUT2D eigenvalue weighted by Gasteiger charge is -2.12. The van der Waals surface area contributed by atoms with Crippen molar-refractivity contribution in [3.05, 3.63) is 22.8 Å². The van der Waals surface area contributed by atoms with Crippen LogP contribution in [0, 0.1) is 0 Å². The van der Waals surface area contributed by atoms with Crippen LogP contribution < -0.4 is 10.1 Å². The van der Waals surface area contributed by atoms with Gasteiger partial charge in [0.1, 0.15) is 6.61 Å². The van der Waals surface area contributed by atoms with E-state index in [-0.39, 0.29) is 6.10 Å². The molecule has 4 nitrogen and oxygen atoms in total. The van der Waals surface area contributed by atoms with Crippen LogP contribution in [0.3, 0.4) is 0 Å². The second kappa shape index (κ2) is 8.35. The highest BCUT2D eigenvalue weighted by atomic mass is 35.5. The third-order valence-corrected chi connectivity index (χ3v) is 2.70. The molecule has 1 aromatic rings. The maximum absolute atomic E-state index is 6.10. The summed E-state index contributed by atoms with van der Waals surface area (Å²) < 4.78 is 10.9. The van der Waals surface area contributed by atoms with Gasteiger partial charge in [0.15, 0.2) is 0 Å². The van der Waals surface area contributed by atoms with E-state index in [1.807, 2.05) is 19.9 Å². The van der Waals surface area contributed by atoms with E-state index in [2.05, 4.69) is 24.1 Å². The molecule has 0 aliphatic carbocycles. The van der Waals surface area contributed by atoms with Crippen molar-refractivity contribution in [2.45, 2.75) is 46.4 Å². The van der Waals surface area contributed by atoms with Gasteiger partial charge in [-0.05, 0) is 19.9 Å². The Morgan fingerprint density at radius 2 is 1.95 bits per heavy atom. The molecule has 0 atom stereocenters. The quantitative estimate of drug-likeness (QED) is 0.746. The van der Waals surface area contributed by atoms with E-state index in [9.17, 15) is 0 Å². The normalized spacial score (nSPS) is 11.3. The Labute approximate surface area is 120 Å². The van der Waals surface area contributed by atoms with Gasteiger partial charge < -0.3 is 14.8 Å². The van der Waals surface area contributed by atoms with E-state index < -0.39 is 0 Å². The zero-order valence-electron chi connectivity index (χ0n) is 12.1. The fourth-order valence-corrected chi connectivity index (χ4v) is 1.57. The molecule has 0 aromatic carbocycles. The largest absolute Gasteiger partial charge is 0.475 e. The van der Waals surface area contributed by atoms with Gasteiger partial charge in [-0.2, -0.15) is 0 Å². The molecule has 0 spiro atoms. The van der Waals surface area contributed by atoms with Crippen LogP contribution in [0.4, 0.5) is 0 Å². The Kier molecular flexibility index (Phi) is 7.13. The fourth-order valence-electron chi connectivity index (χ4n) is 1.40. The molecular weight excluding hydrogens is 264 g/mol. The molecule has 0 radical (unpaired) electrons. The molecule has 0 fully saturated rings. The van der Waals surface area contributed by atoms with Crippen LogP contribution in [-0.4, -0.2) is 30.3 Å². The van der Waals surface area contributed by atoms with E-state index in [1.54, 1.807) is 6.07 Å². The van der Waals surface area contributed by atoms with Gasteiger partial charge in [-0.15, -0.1) is 0 Å². The lowest BCUT2D eigenvalue weighted by molar-refractivity contribution is 0.0542. The summed E-state index contributed by atoms with van der Waals surface area (Å²) >= 11 is 6.10. The number of nitrogens with one attached hydrogen (secondary N) is 1. The van der Waals surface area contributed by atoms with Crippen LogP contribution in [0.15, 0.2) is 12.1 Å². The Bertz CT molecular complexity index is 384. The van der Waals surface area contributed by atoms with E-state index in [0.717, 1.165) is 5.69 Å². The Balaban J connectivity index is 2.48. The lowest BCUT2D eigenvalue weighted by atomic mass is 10.3. The Morgan fingerprint density at radius 3 is 2.58 bits per heavy atom. The van der Waals surface area contributed by atoms with Gasteiger partial charge in [0, 0.05) is 18.7 Å². The zero-order valence-corrected chi connectivity index (χ0v) is 12.8. The first-order valence-electron chi connectivity index (χ1n) is 6.62. The molecule has 5 heteroatoms. The minimum absolute atomic E-state index is 0.215. The molecule has 1 N–H and O–H groups in total. The summed E-state index contributed by atoms with van der Waals surface area (Å²) in [6.45, 7) is 9.84. The number of nitrogens with zero attached hydrogens (tertiary/aromatic N) is 1. The monoisotopic (exact) mass is 286 g/mol. The first-order valence-corrected chi connectivity index (χ1v) is 7.00. The average molecular weight is 287 g/mol. The smallest absolute Gasteiger partial charge is 0.213 e. The Morgan fingerprint density at radius 1 is 1.21 bits per heavy atom. The fraction of sp³-hybridized carbons (Fsp3) is 0.643. The predicted octanol–water partition coefficient (Wildman–Crippen LogP) is 3.04. The van der Waals surface area contributed by atoms with Gasteiger partial charge in [-0.25, -0.2) is 4.98 Å². The molecule has 0 aliphatic heterocycles. The van der Waals surface area contributed by atoms with Crippen molar-refractivity contribution < 1.29 is 9.47 Å². The van der Waals surface area contributed by atoms with Crippen molar-refractivity contribution >= 4 is 11.6 Å². The van der Waals surface area contributed by atoms with Gasteiger partial charge in [-0.3, -0.25) is 0 Å². The topological polar surface area (TPSA) is 43.4 Å². The molecule has 0 unspecified atom stereocenters. The van der Waals surface area contributed by atoms with Gasteiger partial charge in [0.2, 0.25) is 5.88 Å². The third kappa shape index (κ3) is 6.76. The summed E-state index contributed by atoms with van der Waals surface area (Å²) in [4.78, 5) is 4.39. The van der Waals surface area contributed by atoms with Crippen LogP contribution in [0.25, 0.3) is 0 Å². The molecule has 19 heavy (non-hydrogen) atoms. The number of pyridine rings is 1. The summed E-state index contributed by atoms with van der Waals surface area (Å²) in [5.41, 5.74) is 0.803. The van der Waals surface area contributed by atoms with Crippen LogP contribution in [0.5, 0.6) is 5.88 Å². The zero-order chi connectivity index (χ0) is 14.3. The van der Waals surface area contributed by atoms with Crippen molar-refractivity contribution in [3.8, 4) is 5.88 Å². The molecule has 1 rings (SSSR count). The molecule has 0 bridgehead atoms. The number of aromatic nitrogens is 1. The van der Waals surface area contributed by atoms with Crippen LogP contribution in [0.1, 0.15) is 33.4 Å². The van der Waals surface area contributed by atoms with Crippen molar-refractivity contribution in [3.63, 3.8) is 0 Å².